The van der Waals surface area contributed by atoms with Gasteiger partial charge < -0.3 is 11.1 Å². The number of pyridine rings is 1. The highest BCUT2D eigenvalue weighted by Crippen LogP contribution is 2.11. The van der Waals surface area contributed by atoms with Gasteiger partial charge in [0.05, 0.1) is 17.4 Å². The molecule has 94 valence electrons. The standard InChI is InChI=1S/C12H15N5O/c1-8(2)17-7-10(6-15-17)16-12(18)9-3-4-11(13)14-5-9/h3-8H,1-2H3,(H2,13,14)(H,16,18). The lowest BCUT2D eigenvalue weighted by atomic mass is 10.2. The van der Waals surface area contributed by atoms with Gasteiger partial charge in [-0.25, -0.2) is 4.98 Å². The molecule has 0 radical (unpaired) electrons. The van der Waals surface area contributed by atoms with Crippen LogP contribution in [0.15, 0.2) is 30.7 Å². The third-order valence-corrected chi connectivity index (χ3v) is 2.44. The predicted octanol–water partition coefficient (Wildman–Crippen LogP) is 1.69. The molecule has 2 rings (SSSR count). The molecule has 6 nitrogen and oxygen atoms in total. The Bertz CT molecular complexity index is 544. The van der Waals surface area contributed by atoms with Crippen LogP contribution in [0.1, 0.15) is 30.2 Å². The first kappa shape index (κ1) is 12.1. The average Bonchev–Trinajstić information content (AvgIpc) is 2.78. The van der Waals surface area contributed by atoms with Crippen molar-refractivity contribution in [1.82, 2.24) is 14.8 Å². The van der Waals surface area contributed by atoms with E-state index in [0.717, 1.165) is 0 Å². The van der Waals surface area contributed by atoms with Gasteiger partial charge in [-0.3, -0.25) is 9.48 Å². The molecule has 0 fully saturated rings. The second-order valence-corrected chi connectivity index (χ2v) is 4.23. The number of carbonyl (C=O) groups is 1. The van der Waals surface area contributed by atoms with E-state index in [-0.39, 0.29) is 11.9 Å². The molecule has 0 aliphatic carbocycles. The number of aromatic nitrogens is 3. The summed E-state index contributed by atoms with van der Waals surface area (Å²) in [7, 11) is 0. The van der Waals surface area contributed by atoms with Crippen molar-refractivity contribution in [2.75, 3.05) is 11.1 Å². The van der Waals surface area contributed by atoms with E-state index in [1.165, 1.54) is 6.20 Å². The Kier molecular flexibility index (Phi) is 3.27. The van der Waals surface area contributed by atoms with Gasteiger partial charge in [-0.15, -0.1) is 0 Å². The Hall–Kier alpha value is -2.37. The number of nitrogens with zero attached hydrogens (tertiary/aromatic N) is 3. The van der Waals surface area contributed by atoms with E-state index in [1.54, 1.807) is 29.2 Å². The molecule has 0 unspecified atom stereocenters. The van der Waals surface area contributed by atoms with Gasteiger partial charge in [-0.1, -0.05) is 0 Å². The van der Waals surface area contributed by atoms with Crippen LogP contribution in [-0.4, -0.2) is 20.7 Å². The van der Waals surface area contributed by atoms with Crippen LogP contribution >= 0.6 is 0 Å². The van der Waals surface area contributed by atoms with Gasteiger partial charge in [0, 0.05) is 18.4 Å². The van der Waals surface area contributed by atoms with Crippen LogP contribution < -0.4 is 11.1 Å². The van der Waals surface area contributed by atoms with Crippen LogP contribution in [0.5, 0.6) is 0 Å². The maximum atomic E-state index is 11.9. The summed E-state index contributed by atoms with van der Waals surface area (Å²) < 4.78 is 1.77. The molecule has 0 bridgehead atoms. The van der Waals surface area contributed by atoms with Crippen LogP contribution in [0.3, 0.4) is 0 Å². The minimum atomic E-state index is -0.231. The fourth-order valence-corrected chi connectivity index (χ4v) is 1.43. The summed E-state index contributed by atoms with van der Waals surface area (Å²) in [4.78, 5) is 15.7. The van der Waals surface area contributed by atoms with Crippen LogP contribution in [0, 0.1) is 0 Å². The number of nitrogens with two attached hydrogens (primary N) is 1. The fourth-order valence-electron chi connectivity index (χ4n) is 1.43. The largest absolute Gasteiger partial charge is 0.384 e. The van der Waals surface area contributed by atoms with Crippen molar-refractivity contribution in [2.24, 2.45) is 0 Å². The maximum absolute atomic E-state index is 11.9. The van der Waals surface area contributed by atoms with Crippen LogP contribution in [0.2, 0.25) is 0 Å². The van der Waals surface area contributed by atoms with Gasteiger partial charge in [0.15, 0.2) is 0 Å². The number of hydrogen-bond donors (Lipinski definition) is 2. The number of rotatable bonds is 3. The van der Waals surface area contributed by atoms with Crippen molar-refractivity contribution in [2.45, 2.75) is 19.9 Å². The zero-order chi connectivity index (χ0) is 13.1. The molecule has 2 aromatic heterocycles. The molecule has 0 spiro atoms. The van der Waals surface area contributed by atoms with Crippen molar-refractivity contribution >= 4 is 17.4 Å². The predicted molar refractivity (Wildman–Crippen MR) is 69.2 cm³/mol. The maximum Gasteiger partial charge on any atom is 0.257 e. The van der Waals surface area contributed by atoms with Crippen molar-refractivity contribution in [3.05, 3.63) is 36.3 Å². The highest BCUT2D eigenvalue weighted by molar-refractivity contribution is 6.03. The molecular formula is C12H15N5O. The summed E-state index contributed by atoms with van der Waals surface area (Å²) in [6.45, 7) is 4.03. The van der Waals surface area contributed by atoms with Gasteiger partial charge in [-0.05, 0) is 26.0 Å². The molecule has 0 aliphatic heterocycles. The molecular weight excluding hydrogens is 230 g/mol. The molecule has 0 aromatic carbocycles. The number of hydrogen-bond acceptors (Lipinski definition) is 4. The minimum absolute atomic E-state index is 0.231. The molecule has 6 heteroatoms. The van der Waals surface area contributed by atoms with Crippen molar-refractivity contribution in [1.29, 1.82) is 0 Å². The van der Waals surface area contributed by atoms with E-state index in [0.29, 0.717) is 17.1 Å². The molecule has 3 N–H and O–H groups in total. The van der Waals surface area contributed by atoms with Gasteiger partial charge in [-0.2, -0.15) is 5.10 Å². The van der Waals surface area contributed by atoms with Crippen molar-refractivity contribution in [3.8, 4) is 0 Å². The first-order valence-corrected chi connectivity index (χ1v) is 5.63. The number of anilines is 2. The van der Waals surface area contributed by atoms with Gasteiger partial charge in [0.25, 0.3) is 5.91 Å². The number of carbonyl (C=O) groups excluding carboxylic acids is 1. The minimum Gasteiger partial charge on any atom is -0.384 e. The summed E-state index contributed by atoms with van der Waals surface area (Å²) in [6.07, 6.45) is 4.84. The molecule has 0 aliphatic rings. The van der Waals surface area contributed by atoms with Gasteiger partial charge in [0.2, 0.25) is 0 Å². The molecule has 2 heterocycles. The fraction of sp³-hybridized carbons (Fsp3) is 0.250. The van der Waals surface area contributed by atoms with E-state index < -0.39 is 0 Å². The number of nitrogens with one attached hydrogen (secondary N) is 1. The van der Waals surface area contributed by atoms with Gasteiger partial charge >= 0.3 is 0 Å². The average molecular weight is 245 g/mol. The first-order valence-electron chi connectivity index (χ1n) is 5.63. The highest BCUT2D eigenvalue weighted by atomic mass is 16.1. The highest BCUT2D eigenvalue weighted by Gasteiger charge is 2.08. The van der Waals surface area contributed by atoms with E-state index in [1.807, 2.05) is 13.8 Å². The number of nitrogen functional groups attached to an aromatic ring is 1. The van der Waals surface area contributed by atoms with Crippen molar-refractivity contribution < 1.29 is 4.79 Å². The van der Waals surface area contributed by atoms with E-state index in [9.17, 15) is 4.79 Å². The SMILES string of the molecule is CC(C)n1cc(NC(=O)c2ccc(N)nc2)cn1. The smallest absolute Gasteiger partial charge is 0.257 e. The van der Waals surface area contributed by atoms with Crippen LogP contribution in [-0.2, 0) is 0 Å². The first-order chi connectivity index (χ1) is 8.56. The lowest BCUT2D eigenvalue weighted by Gasteiger charge is -2.04. The molecule has 18 heavy (non-hydrogen) atoms. The third kappa shape index (κ3) is 2.65. The molecule has 0 atom stereocenters. The monoisotopic (exact) mass is 245 g/mol. The zero-order valence-corrected chi connectivity index (χ0v) is 10.3. The van der Waals surface area contributed by atoms with Crippen LogP contribution in [0.4, 0.5) is 11.5 Å². The zero-order valence-electron chi connectivity index (χ0n) is 10.3. The quantitative estimate of drug-likeness (QED) is 0.861. The lowest BCUT2D eigenvalue weighted by Crippen LogP contribution is -2.12. The van der Waals surface area contributed by atoms with E-state index in [2.05, 4.69) is 15.4 Å². The summed E-state index contributed by atoms with van der Waals surface area (Å²) >= 11 is 0. The van der Waals surface area contributed by atoms with Gasteiger partial charge in [0.1, 0.15) is 5.82 Å². The van der Waals surface area contributed by atoms with Crippen LogP contribution in [0.25, 0.3) is 0 Å². The van der Waals surface area contributed by atoms with E-state index >= 15 is 0 Å². The normalized spacial score (nSPS) is 10.6. The molecule has 2 aromatic rings. The summed E-state index contributed by atoms with van der Waals surface area (Å²) in [5, 5.41) is 6.89. The second-order valence-electron chi connectivity index (χ2n) is 4.23. The molecule has 0 saturated carbocycles. The van der Waals surface area contributed by atoms with E-state index in [4.69, 9.17) is 5.73 Å². The summed E-state index contributed by atoms with van der Waals surface area (Å²) in [6, 6.07) is 3.48. The Labute approximate surface area is 105 Å². The summed E-state index contributed by atoms with van der Waals surface area (Å²) in [5.74, 6) is 0.157. The summed E-state index contributed by atoms with van der Waals surface area (Å²) in [5.41, 5.74) is 6.58. The Balaban J connectivity index is 2.08. The Morgan fingerprint density at radius 3 is 2.72 bits per heavy atom. The number of amides is 1. The molecule has 0 saturated heterocycles. The lowest BCUT2D eigenvalue weighted by molar-refractivity contribution is 0.102. The Morgan fingerprint density at radius 1 is 1.39 bits per heavy atom. The van der Waals surface area contributed by atoms with Crippen molar-refractivity contribution in [3.63, 3.8) is 0 Å². The third-order valence-electron chi connectivity index (χ3n) is 2.44. The second kappa shape index (κ2) is 4.87. The topological polar surface area (TPSA) is 85.8 Å². The Morgan fingerprint density at radius 2 is 2.17 bits per heavy atom. The molecule has 1 amide bonds.